The predicted molar refractivity (Wildman–Crippen MR) is 69.9 cm³/mol. The van der Waals surface area contributed by atoms with Crippen molar-refractivity contribution in [2.24, 2.45) is 5.14 Å². The molecule has 0 aromatic heterocycles. The average Bonchev–Trinajstić information content (AvgIpc) is 2.29. The molecular weight excluding hydrogens is 274 g/mol. The van der Waals surface area contributed by atoms with Gasteiger partial charge in [-0.3, -0.25) is 0 Å². The number of phenols is 1. The molecule has 4 nitrogen and oxygen atoms in total. The minimum Gasteiger partial charge on any atom is -0.506 e. The standard InChI is InChI=1S/C12H10ClNO3S/c13-10-6-2-1-4-8(10)9-5-3-7-11(12(9)15)18(14,16)17/h1-7,15H,(H2,14,16,17). The summed E-state index contributed by atoms with van der Waals surface area (Å²) in [5, 5.41) is 15.4. The lowest BCUT2D eigenvalue weighted by molar-refractivity contribution is 0.461. The molecule has 0 unspecified atom stereocenters. The number of rotatable bonds is 2. The van der Waals surface area contributed by atoms with Gasteiger partial charge in [0.2, 0.25) is 10.0 Å². The molecule has 18 heavy (non-hydrogen) atoms. The zero-order valence-corrected chi connectivity index (χ0v) is 10.7. The lowest BCUT2D eigenvalue weighted by atomic mass is 10.0. The van der Waals surface area contributed by atoms with Gasteiger partial charge < -0.3 is 5.11 Å². The number of hydrogen-bond acceptors (Lipinski definition) is 3. The Balaban J connectivity index is 2.72. The third kappa shape index (κ3) is 2.33. The SMILES string of the molecule is NS(=O)(=O)c1cccc(-c2ccccc2Cl)c1O. The molecule has 2 aromatic rings. The highest BCUT2D eigenvalue weighted by atomic mass is 35.5. The number of para-hydroxylation sites is 1. The molecule has 0 aliphatic carbocycles. The highest BCUT2D eigenvalue weighted by molar-refractivity contribution is 7.89. The Hall–Kier alpha value is -1.56. The van der Waals surface area contributed by atoms with Crippen molar-refractivity contribution in [1.29, 1.82) is 0 Å². The van der Waals surface area contributed by atoms with Crippen molar-refractivity contribution in [3.05, 3.63) is 47.5 Å². The van der Waals surface area contributed by atoms with E-state index in [-0.39, 0.29) is 4.90 Å². The van der Waals surface area contributed by atoms with Gasteiger partial charge >= 0.3 is 0 Å². The number of sulfonamides is 1. The van der Waals surface area contributed by atoms with Gasteiger partial charge in [0.15, 0.2) is 0 Å². The van der Waals surface area contributed by atoms with Crippen LogP contribution >= 0.6 is 11.6 Å². The monoisotopic (exact) mass is 283 g/mol. The van der Waals surface area contributed by atoms with E-state index in [4.69, 9.17) is 16.7 Å². The Morgan fingerprint density at radius 2 is 1.61 bits per heavy atom. The van der Waals surface area contributed by atoms with Gasteiger partial charge in [-0.1, -0.05) is 41.9 Å². The zero-order chi connectivity index (χ0) is 13.3. The first-order valence-corrected chi connectivity index (χ1v) is 6.93. The number of nitrogens with two attached hydrogens (primary N) is 1. The highest BCUT2D eigenvalue weighted by Gasteiger charge is 2.18. The summed E-state index contributed by atoms with van der Waals surface area (Å²) < 4.78 is 22.6. The van der Waals surface area contributed by atoms with Crippen LogP contribution in [0.15, 0.2) is 47.4 Å². The normalized spacial score (nSPS) is 11.4. The molecule has 0 saturated heterocycles. The molecule has 0 amide bonds. The predicted octanol–water partition coefficient (Wildman–Crippen LogP) is 2.36. The molecule has 0 bridgehead atoms. The molecule has 0 spiro atoms. The average molecular weight is 284 g/mol. The summed E-state index contributed by atoms with van der Waals surface area (Å²) in [6, 6.07) is 11.1. The van der Waals surface area contributed by atoms with Gasteiger partial charge in [0.1, 0.15) is 10.6 Å². The van der Waals surface area contributed by atoms with Crippen LogP contribution < -0.4 is 5.14 Å². The molecule has 0 heterocycles. The molecule has 0 radical (unpaired) electrons. The number of benzene rings is 2. The topological polar surface area (TPSA) is 80.4 Å². The van der Waals surface area contributed by atoms with Crippen LogP contribution in [0, 0.1) is 0 Å². The van der Waals surface area contributed by atoms with Crippen molar-refractivity contribution in [3.63, 3.8) is 0 Å². The summed E-state index contributed by atoms with van der Waals surface area (Å²) in [7, 11) is -3.97. The second-order valence-corrected chi connectivity index (χ2v) is 5.61. The van der Waals surface area contributed by atoms with Crippen LogP contribution in [0.25, 0.3) is 11.1 Å². The van der Waals surface area contributed by atoms with Crippen LogP contribution in [0.2, 0.25) is 5.02 Å². The summed E-state index contributed by atoms with van der Waals surface area (Å²) in [4.78, 5) is -0.320. The van der Waals surface area contributed by atoms with Crippen molar-refractivity contribution in [1.82, 2.24) is 0 Å². The van der Waals surface area contributed by atoms with Crippen molar-refractivity contribution in [3.8, 4) is 16.9 Å². The molecule has 0 fully saturated rings. The van der Waals surface area contributed by atoms with E-state index in [1.165, 1.54) is 12.1 Å². The maximum Gasteiger partial charge on any atom is 0.241 e. The van der Waals surface area contributed by atoms with Gasteiger partial charge in [0.05, 0.1) is 0 Å². The van der Waals surface area contributed by atoms with Crippen molar-refractivity contribution in [2.75, 3.05) is 0 Å². The van der Waals surface area contributed by atoms with Crippen molar-refractivity contribution in [2.45, 2.75) is 4.90 Å². The molecule has 2 rings (SSSR count). The lowest BCUT2D eigenvalue weighted by Crippen LogP contribution is -2.12. The van der Waals surface area contributed by atoms with Crippen LogP contribution in [0.5, 0.6) is 5.75 Å². The van der Waals surface area contributed by atoms with Crippen molar-refractivity contribution >= 4 is 21.6 Å². The summed E-state index contributed by atoms with van der Waals surface area (Å²) >= 11 is 6.01. The van der Waals surface area contributed by atoms with Gasteiger partial charge in [-0.15, -0.1) is 0 Å². The molecule has 94 valence electrons. The van der Waals surface area contributed by atoms with E-state index >= 15 is 0 Å². The van der Waals surface area contributed by atoms with Gasteiger partial charge in [-0.2, -0.15) is 0 Å². The minimum atomic E-state index is -3.97. The van der Waals surface area contributed by atoms with E-state index in [1.54, 1.807) is 30.3 Å². The molecular formula is C12H10ClNO3S. The van der Waals surface area contributed by atoms with Gasteiger partial charge in [0.25, 0.3) is 0 Å². The van der Waals surface area contributed by atoms with Crippen LogP contribution in [-0.4, -0.2) is 13.5 Å². The Morgan fingerprint density at radius 1 is 1.00 bits per heavy atom. The second-order valence-electron chi connectivity index (χ2n) is 3.68. The largest absolute Gasteiger partial charge is 0.506 e. The third-order valence-corrected chi connectivity index (χ3v) is 3.74. The summed E-state index contributed by atoms with van der Waals surface area (Å²) in [6.45, 7) is 0. The molecule has 0 atom stereocenters. The molecule has 6 heteroatoms. The van der Waals surface area contributed by atoms with Gasteiger partial charge in [0, 0.05) is 16.1 Å². The fourth-order valence-corrected chi connectivity index (χ4v) is 2.53. The first-order valence-electron chi connectivity index (χ1n) is 5.01. The van der Waals surface area contributed by atoms with E-state index in [0.29, 0.717) is 16.1 Å². The highest BCUT2D eigenvalue weighted by Crippen LogP contribution is 2.37. The smallest absolute Gasteiger partial charge is 0.241 e. The Labute approximate surface area is 110 Å². The maximum absolute atomic E-state index is 11.3. The number of halogens is 1. The van der Waals surface area contributed by atoms with E-state index in [2.05, 4.69) is 0 Å². The Bertz CT molecular complexity index is 698. The molecule has 0 aliphatic rings. The van der Waals surface area contributed by atoms with E-state index in [1.807, 2.05) is 0 Å². The van der Waals surface area contributed by atoms with Gasteiger partial charge in [-0.25, -0.2) is 13.6 Å². The Kier molecular flexibility index (Phi) is 3.30. The second kappa shape index (κ2) is 4.61. The summed E-state index contributed by atoms with van der Waals surface area (Å²) in [5.41, 5.74) is 0.870. The maximum atomic E-state index is 11.3. The molecule has 2 aromatic carbocycles. The van der Waals surface area contributed by atoms with Gasteiger partial charge in [-0.05, 0) is 12.1 Å². The third-order valence-electron chi connectivity index (χ3n) is 2.47. The van der Waals surface area contributed by atoms with Crippen molar-refractivity contribution < 1.29 is 13.5 Å². The summed E-state index contributed by atoms with van der Waals surface area (Å²) in [6.07, 6.45) is 0. The molecule has 3 N–H and O–H groups in total. The van der Waals surface area contributed by atoms with Crippen LogP contribution in [0.3, 0.4) is 0 Å². The number of primary sulfonamides is 1. The quantitative estimate of drug-likeness (QED) is 0.888. The Morgan fingerprint density at radius 3 is 2.22 bits per heavy atom. The van der Waals surface area contributed by atoms with Crippen LogP contribution in [-0.2, 0) is 10.0 Å². The van der Waals surface area contributed by atoms with E-state index in [9.17, 15) is 13.5 Å². The summed E-state index contributed by atoms with van der Waals surface area (Å²) in [5.74, 6) is -0.395. The van der Waals surface area contributed by atoms with Crippen LogP contribution in [0.1, 0.15) is 0 Å². The fourth-order valence-electron chi connectivity index (χ4n) is 1.65. The van der Waals surface area contributed by atoms with Crippen LogP contribution in [0.4, 0.5) is 0 Å². The van der Waals surface area contributed by atoms with E-state index < -0.39 is 15.8 Å². The minimum absolute atomic E-state index is 0.320. The van der Waals surface area contributed by atoms with E-state index in [0.717, 1.165) is 0 Å². The zero-order valence-electron chi connectivity index (χ0n) is 9.17. The first-order chi connectivity index (χ1) is 8.41. The lowest BCUT2D eigenvalue weighted by Gasteiger charge is -2.09. The molecule has 0 saturated carbocycles. The first kappa shape index (κ1) is 12.9. The number of hydrogen-bond donors (Lipinski definition) is 2. The fraction of sp³-hybridized carbons (Fsp3) is 0. The number of aromatic hydroxyl groups is 1. The number of phenolic OH excluding ortho intramolecular Hbond substituents is 1. The molecule has 0 aliphatic heterocycles.